The molecule has 29 heavy (non-hydrogen) atoms. The van der Waals surface area contributed by atoms with Gasteiger partial charge in [-0.3, -0.25) is 9.10 Å². The van der Waals surface area contributed by atoms with Gasteiger partial charge in [-0.25, -0.2) is 18.2 Å². The Balaban J connectivity index is 1.58. The fourth-order valence-electron chi connectivity index (χ4n) is 2.49. The van der Waals surface area contributed by atoms with Gasteiger partial charge in [0.15, 0.2) is 0 Å². The van der Waals surface area contributed by atoms with Gasteiger partial charge < -0.3 is 4.74 Å². The molecule has 0 radical (unpaired) electrons. The lowest BCUT2D eigenvalue weighted by atomic mass is 10.2. The number of thioether (sulfide) groups is 1. The van der Waals surface area contributed by atoms with Crippen molar-refractivity contribution in [2.45, 2.75) is 6.10 Å². The summed E-state index contributed by atoms with van der Waals surface area (Å²) in [6.07, 6.45) is 2.59. The molecule has 1 aliphatic rings. The Labute approximate surface area is 173 Å². The van der Waals surface area contributed by atoms with E-state index < -0.39 is 28.3 Å². The number of nitrogens with one attached hydrogen (secondary N) is 1. The van der Waals surface area contributed by atoms with Crippen molar-refractivity contribution in [1.82, 2.24) is 5.43 Å². The molecule has 0 aliphatic carbocycles. The summed E-state index contributed by atoms with van der Waals surface area (Å²) < 4.78 is 44.3. The molecule has 1 amide bonds. The fraction of sp³-hybridized carbons (Fsp3) is 0.263. The average molecular weight is 438 g/mol. The normalized spacial score (nSPS) is 14.4. The van der Waals surface area contributed by atoms with Crippen molar-refractivity contribution >= 4 is 39.6 Å². The number of rotatable bonds is 8. The highest BCUT2D eigenvalue weighted by Gasteiger charge is 2.23. The molecule has 3 rings (SSSR count). The Morgan fingerprint density at radius 1 is 1.28 bits per heavy atom. The van der Waals surface area contributed by atoms with Crippen LogP contribution in [0.5, 0.6) is 5.75 Å². The van der Waals surface area contributed by atoms with Gasteiger partial charge in [-0.15, -0.1) is 0 Å². The van der Waals surface area contributed by atoms with Crippen LogP contribution in [-0.2, 0) is 14.8 Å². The molecule has 0 atom stereocenters. The van der Waals surface area contributed by atoms with Gasteiger partial charge in [0.2, 0.25) is 10.0 Å². The van der Waals surface area contributed by atoms with Crippen LogP contribution in [0.1, 0.15) is 5.56 Å². The number of nitrogens with zero attached hydrogens (tertiary/aromatic N) is 2. The predicted octanol–water partition coefficient (Wildman–Crippen LogP) is 2.24. The Morgan fingerprint density at radius 2 is 1.97 bits per heavy atom. The zero-order valence-electron chi connectivity index (χ0n) is 15.6. The van der Waals surface area contributed by atoms with Crippen LogP contribution < -0.4 is 14.5 Å². The number of anilines is 1. The van der Waals surface area contributed by atoms with Crippen LogP contribution in [0.25, 0.3) is 0 Å². The lowest BCUT2D eigenvalue weighted by Gasteiger charge is -2.25. The van der Waals surface area contributed by atoms with Gasteiger partial charge in [0.1, 0.15) is 24.2 Å². The highest BCUT2D eigenvalue weighted by atomic mass is 32.2. The number of amides is 1. The number of ether oxygens (including phenoxy) is 1. The molecule has 7 nitrogen and oxygen atoms in total. The molecule has 10 heteroatoms. The third kappa shape index (κ3) is 5.94. The van der Waals surface area contributed by atoms with E-state index in [0.29, 0.717) is 4.31 Å². The first-order valence-electron chi connectivity index (χ1n) is 8.71. The zero-order chi connectivity index (χ0) is 20.9. The summed E-state index contributed by atoms with van der Waals surface area (Å²) in [4.78, 5) is 12.1. The Morgan fingerprint density at radius 3 is 2.55 bits per heavy atom. The third-order valence-corrected chi connectivity index (χ3v) is 6.34. The highest BCUT2D eigenvalue weighted by Crippen LogP contribution is 2.24. The molecule has 1 N–H and O–H groups in total. The number of sulfonamides is 1. The Kier molecular flexibility index (Phi) is 6.75. The van der Waals surface area contributed by atoms with Crippen molar-refractivity contribution in [3.63, 3.8) is 0 Å². The first-order chi connectivity index (χ1) is 13.8. The summed E-state index contributed by atoms with van der Waals surface area (Å²) in [5, 5.41) is 3.83. The van der Waals surface area contributed by atoms with Crippen molar-refractivity contribution in [1.29, 1.82) is 0 Å². The first kappa shape index (κ1) is 21.1. The van der Waals surface area contributed by atoms with Crippen LogP contribution in [-0.4, -0.2) is 50.9 Å². The number of hydrogen-bond donors (Lipinski definition) is 1. The molecule has 0 aromatic heterocycles. The van der Waals surface area contributed by atoms with Gasteiger partial charge in [0, 0.05) is 11.5 Å². The summed E-state index contributed by atoms with van der Waals surface area (Å²) in [7, 11) is -3.86. The van der Waals surface area contributed by atoms with E-state index in [2.05, 4.69) is 10.5 Å². The lowest BCUT2D eigenvalue weighted by Crippen LogP contribution is -2.39. The molecule has 0 spiro atoms. The van der Waals surface area contributed by atoms with E-state index in [1.54, 1.807) is 12.1 Å². The molecule has 154 valence electrons. The summed E-state index contributed by atoms with van der Waals surface area (Å²) in [6.45, 7) is -0.594. The maximum atomic E-state index is 14.0. The number of halogens is 1. The standard InChI is InChI=1S/C19H20FN3O4S2/c1-29(25,26)23(18-5-3-2-4-17(18)20)11-19(24)22-21-10-14-6-8-15(9-7-14)27-16-12-28-13-16/h2-10,16H,11-13H2,1H3,(H,22,24)/b21-10-. The second-order valence-corrected chi connectivity index (χ2v) is 9.34. The molecule has 2 aromatic carbocycles. The Hall–Kier alpha value is -2.59. The number of carbonyl (C=O) groups is 1. The van der Waals surface area contributed by atoms with E-state index in [-0.39, 0.29) is 11.8 Å². The smallest absolute Gasteiger partial charge is 0.260 e. The fourth-order valence-corrected chi connectivity index (χ4v) is 3.91. The summed E-state index contributed by atoms with van der Waals surface area (Å²) in [5.74, 6) is 1.32. The quantitative estimate of drug-likeness (QED) is 0.506. The first-order valence-corrected chi connectivity index (χ1v) is 11.7. The van der Waals surface area contributed by atoms with Crippen LogP contribution in [0.15, 0.2) is 53.6 Å². The number of para-hydroxylation sites is 1. The predicted molar refractivity (Wildman–Crippen MR) is 113 cm³/mol. The molecule has 0 saturated carbocycles. The van der Waals surface area contributed by atoms with Gasteiger partial charge in [0.25, 0.3) is 5.91 Å². The largest absolute Gasteiger partial charge is 0.489 e. The molecule has 1 fully saturated rings. The minimum absolute atomic E-state index is 0.199. The monoisotopic (exact) mass is 437 g/mol. The van der Waals surface area contributed by atoms with Crippen LogP contribution in [0.2, 0.25) is 0 Å². The van der Waals surface area contributed by atoms with E-state index >= 15 is 0 Å². The lowest BCUT2D eigenvalue weighted by molar-refractivity contribution is -0.119. The van der Waals surface area contributed by atoms with Crippen LogP contribution in [0.3, 0.4) is 0 Å². The maximum Gasteiger partial charge on any atom is 0.260 e. The molecule has 1 saturated heterocycles. The SMILES string of the molecule is CS(=O)(=O)N(CC(=O)N/N=C\c1ccc(OC2CSC2)cc1)c1ccccc1F. The third-order valence-electron chi connectivity index (χ3n) is 4.00. The van der Waals surface area contributed by atoms with E-state index in [1.165, 1.54) is 24.4 Å². The zero-order valence-corrected chi connectivity index (χ0v) is 17.2. The summed E-state index contributed by atoms with van der Waals surface area (Å²) in [6, 6.07) is 12.6. The molecule has 1 aliphatic heterocycles. The molecule has 0 bridgehead atoms. The van der Waals surface area contributed by atoms with E-state index in [0.717, 1.165) is 35.1 Å². The van der Waals surface area contributed by atoms with Crippen LogP contribution >= 0.6 is 11.8 Å². The van der Waals surface area contributed by atoms with Gasteiger partial charge in [-0.1, -0.05) is 12.1 Å². The van der Waals surface area contributed by atoms with E-state index in [1.807, 2.05) is 23.9 Å². The molecule has 0 unspecified atom stereocenters. The molecular formula is C19H20FN3O4S2. The molecule has 1 heterocycles. The number of carbonyl (C=O) groups excluding carboxylic acids is 1. The van der Waals surface area contributed by atoms with Gasteiger partial charge in [0.05, 0.1) is 18.2 Å². The minimum atomic E-state index is -3.86. The van der Waals surface area contributed by atoms with Crippen LogP contribution in [0, 0.1) is 5.82 Å². The van der Waals surface area contributed by atoms with E-state index in [4.69, 9.17) is 4.74 Å². The van der Waals surface area contributed by atoms with Crippen molar-refractivity contribution < 1.29 is 22.3 Å². The number of hydrogen-bond acceptors (Lipinski definition) is 6. The van der Waals surface area contributed by atoms with Gasteiger partial charge >= 0.3 is 0 Å². The topological polar surface area (TPSA) is 88.1 Å². The maximum absolute atomic E-state index is 14.0. The second-order valence-electron chi connectivity index (χ2n) is 6.36. The van der Waals surface area contributed by atoms with Crippen molar-refractivity contribution in [2.24, 2.45) is 5.10 Å². The van der Waals surface area contributed by atoms with Crippen molar-refractivity contribution in [3.8, 4) is 5.75 Å². The summed E-state index contributed by atoms with van der Waals surface area (Å²) >= 11 is 1.84. The Bertz CT molecular complexity index is 993. The molecule has 2 aromatic rings. The van der Waals surface area contributed by atoms with Crippen molar-refractivity contribution in [2.75, 3.05) is 28.6 Å². The highest BCUT2D eigenvalue weighted by molar-refractivity contribution is 8.00. The molecular weight excluding hydrogens is 417 g/mol. The van der Waals surface area contributed by atoms with Gasteiger partial charge in [-0.05, 0) is 42.0 Å². The summed E-state index contributed by atoms with van der Waals surface area (Å²) in [5.41, 5.74) is 2.79. The average Bonchev–Trinajstić information content (AvgIpc) is 2.64. The van der Waals surface area contributed by atoms with E-state index in [9.17, 15) is 17.6 Å². The number of hydrazone groups is 1. The number of benzene rings is 2. The van der Waals surface area contributed by atoms with Crippen LogP contribution in [0.4, 0.5) is 10.1 Å². The van der Waals surface area contributed by atoms with Crippen molar-refractivity contribution in [3.05, 3.63) is 59.9 Å². The van der Waals surface area contributed by atoms with Gasteiger partial charge in [-0.2, -0.15) is 16.9 Å². The second kappa shape index (κ2) is 9.27. The minimum Gasteiger partial charge on any atom is -0.489 e.